The van der Waals surface area contributed by atoms with Crippen molar-refractivity contribution >= 4 is 5.91 Å². The normalized spacial score (nSPS) is 25.6. The van der Waals surface area contributed by atoms with E-state index in [1.54, 1.807) is 17.1 Å². The van der Waals surface area contributed by atoms with Crippen LogP contribution in [0.2, 0.25) is 0 Å². The largest absolute Gasteiger partial charge is 0.381 e. The van der Waals surface area contributed by atoms with Gasteiger partial charge in [0.1, 0.15) is 0 Å². The van der Waals surface area contributed by atoms with Crippen molar-refractivity contribution in [2.75, 3.05) is 19.8 Å². The third-order valence-electron chi connectivity index (χ3n) is 4.20. The van der Waals surface area contributed by atoms with Crippen LogP contribution in [-0.2, 0) is 16.5 Å². The van der Waals surface area contributed by atoms with E-state index in [1.165, 1.54) is 0 Å². The van der Waals surface area contributed by atoms with Crippen LogP contribution in [0.15, 0.2) is 12.4 Å². The molecule has 2 saturated heterocycles. The summed E-state index contributed by atoms with van der Waals surface area (Å²) in [4.78, 5) is 12.2. The highest BCUT2D eigenvalue weighted by molar-refractivity contribution is 5.93. The van der Waals surface area contributed by atoms with E-state index >= 15 is 0 Å². The van der Waals surface area contributed by atoms with E-state index in [4.69, 9.17) is 9.47 Å². The third-order valence-corrected chi connectivity index (χ3v) is 4.20. The molecule has 0 radical (unpaired) electrons. The molecule has 20 heavy (non-hydrogen) atoms. The van der Waals surface area contributed by atoms with Gasteiger partial charge in [-0.15, -0.1) is 0 Å². The molecule has 2 fully saturated rings. The second-order valence-electron chi connectivity index (χ2n) is 5.71. The van der Waals surface area contributed by atoms with E-state index in [-0.39, 0.29) is 17.6 Å². The van der Waals surface area contributed by atoms with E-state index in [0.29, 0.717) is 12.2 Å². The molecule has 1 aromatic heterocycles. The molecule has 1 atom stereocenters. The fourth-order valence-corrected chi connectivity index (χ4v) is 3.05. The molecule has 0 unspecified atom stereocenters. The van der Waals surface area contributed by atoms with Crippen molar-refractivity contribution in [2.24, 2.45) is 7.05 Å². The molecule has 1 spiro atoms. The number of carbonyl (C=O) groups is 1. The number of nitrogens with zero attached hydrogens (tertiary/aromatic N) is 2. The number of carbonyl (C=O) groups excluding carboxylic acids is 1. The highest BCUT2D eigenvalue weighted by Gasteiger charge is 2.39. The monoisotopic (exact) mass is 279 g/mol. The first-order valence-corrected chi connectivity index (χ1v) is 7.18. The van der Waals surface area contributed by atoms with Crippen LogP contribution in [0.25, 0.3) is 0 Å². The lowest BCUT2D eigenvalue weighted by Crippen LogP contribution is -2.51. The summed E-state index contributed by atoms with van der Waals surface area (Å²) < 4.78 is 13.0. The Bertz CT molecular complexity index is 474. The molecule has 6 heteroatoms. The average molecular weight is 279 g/mol. The fourth-order valence-electron chi connectivity index (χ4n) is 3.05. The Balaban J connectivity index is 1.61. The van der Waals surface area contributed by atoms with E-state index in [9.17, 15) is 4.79 Å². The number of hydrogen-bond acceptors (Lipinski definition) is 4. The summed E-state index contributed by atoms with van der Waals surface area (Å²) in [6.45, 7) is 2.21. The Morgan fingerprint density at radius 3 is 2.95 bits per heavy atom. The Hall–Kier alpha value is -1.40. The van der Waals surface area contributed by atoms with Gasteiger partial charge in [-0.05, 0) is 25.7 Å². The van der Waals surface area contributed by atoms with Gasteiger partial charge in [0.05, 0.1) is 17.4 Å². The van der Waals surface area contributed by atoms with Crippen LogP contribution in [0, 0.1) is 0 Å². The molecule has 1 amide bonds. The maximum Gasteiger partial charge on any atom is 0.254 e. The molecular weight excluding hydrogens is 258 g/mol. The third kappa shape index (κ3) is 2.86. The minimum Gasteiger partial charge on any atom is -0.381 e. The zero-order valence-corrected chi connectivity index (χ0v) is 11.8. The van der Waals surface area contributed by atoms with Crippen LogP contribution in [0.3, 0.4) is 0 Å². The number of ether oxygens (including phenoxy) is 2. The zero-order chi connectivity index (χ0) is 14.0. The smallest absolute Gasteiger partial charge is 0.254 e. The minimum absolute atomic E-state index is 0.0489. The number of nitrogens with one attached hydrogen (secondary N) is 1. The number of amides is 1. The topological polar surface area (TPSA) is 65.4 Å². The lowest BCUT2D eigenvalue weighted by molar-refractivity contribution is -0.139. The highest BCUT2D eigenvalue weighted by Crippen LogP contribution is 2.34. The molecule has 110 valence electrons. The van der Waals surface area contributed by atoms with Crippen LogP contribution in [0.4, 0.5) is 0 Å². The van der Waals surface area contributed by atoms with Crippen molar-refractivity contribution < 1.29 is 14.3 Å². The van der Waals surface area contributed by atoms with Crippen molar-refractivity contribution in [2.45, 2.75) is 37.3 Å². The van der Waals surface area contributed by atoms with Crippen molar-refractivity contribution in [1.82, 2.24) is 15.1 Å². The van der Waals surface area contributed by atoms with Crippen LogP contribution < -0.4 is 5.32 Å². The molecule has 1 N–H and O–H groups in total. The Morgan fingerprint density at radius 1 is 1.45 bits per heavy atom. The maximum atomic E-state index is 12.2. The molecule has 3 heterocycles. The van der Waals surface area contributed by atoms with Crippen LogP contribution >= 0.6 is 0 Å². The number of hydrogen-bond donors (Lipinski definition) is 1. The predicted octanol–water partition coefficient (Wildman–Crippen LogP) is 0.878. The summed E-state index contributed by atoms with van der Waals surface area (Å²) in [5.74, 6) is -0.0489. The number of aryl methyl sites for hydroxylation is 1. The molecule has 1 aromatic rings. The van der Waals surface area contributed by atoms with Crippen LogP contribution in [-0.4, -0.2) is 47.2 Å². The molecule has 2 aliphatic heterocycles. The Labute approximate surface area is 118 Å². The number of rotatable bonds is 2. The fraction of sp³-hybridized carbons (Fsp3) is 0.714. The van der Waals surface area contributed by atoms with E-state index in [2.05, 4.69) is 10.4 Å². The Kier molecular flexibility index (Phi) is 3.76. The number of aromatic nitrogens is 2. The van der Waals surface area contributed by atoms with Crippen molar-refractivity contribution in [3.63, 3.8) is 0 Å². The quantitative estimate of drug-likeness (QED) is 0.872. The van der Waals surface area contributed by atoms with Crippen LogP contribution in [0.5, 0.6) is 0 Å². The van der Waals surface area contributed by atoms with Gasteiger partial charge in [-0.2, -0.15) is 5.10 Å². The van der Waals surface area contributed by atoms with Gasteiger partial charge in [0.15, 0.2) is 0 Å². The highest BCUT2D eigenvalue weighted by atomic mass is 16.5. The molecule has 2 aliphatic rings. The summed E-state index contributed by atoms with van der Waals surface area (Å²) >= 11 is 0. The first kappa shape index (κ1) is 13.6. The van der Waals surface area contributed by atoms with Crippen LogP contribution in [0.1, 0.15) is 36.0 Å². The van der Waals surface area contributed by atoms with Crippen molar-refractivity contribution in [1.29, 1.82) is 0 Å². The molecule has 0 aliphatic carbocycles. The lowest BCUT2D eigenvalue weighted by atomic mass is 9.84. The molecule has 0 saturated carbocycles. The summed E-state index contributed by atoms with van der Waals surface area (Å²) in [6.07, 6.45) is 6.92. The van der Waals surface area contributed by atoms with Crippen molar-refractivity contribution in [3.8, 4) is 0 Å². The average Bonchev–Trinajstić information content (AvgIpc) is 2.86. The second kappa shape index (κ2) is 5.54. The molecular formula is C14H21N3O3. The van der Waals surface area contributed by atoms with Gasteiger partial charge in [0.2, 0.25) is 0 Å². The first-order chi connectivity index (χ1) is 9.67. The molecule has 0 bridgehead atoms. The Morgan fingerprint density at radius 2 is 2.25 bits per heavy atom. The second-order valence-corrected chi connectivity index (χ2v) is 5.71. The maximum absolute atomic E-state index is 12.2. The summed E-state index contributed by atoms with van der Waals surface area (Å²) in [5.41, 5.74) is 0.517. The summed E-state index contributed by atoms with van der Waals surface area (Å²) in [5, 5.41) is 7.14. The van der Waals surface area contributed by atoms with E-state index in [1.807, 2.05) is 7.05 Å². The predicted molar refractivity (Wildman–Crippen MR) is 72.4 cm³/mol. The first-order valence-electron chi connectivity index (χ1n) is 7.18. The van der Waals surface area contributed by atoms with Gasteiger partial charge in [-0.1, -0.05) is 0 Å². The van der Waals surface area contributed by atoms with Gasteiger partial charge >= 0.3 is 0 Å². The van der Waals surface area contributed by atoms with Gasteiger partial charge in [0.25, 0.3) is 5.91 Å². The molecule has 0 aromatic carbocycles. The van der Waals surface area contributed by atoms with Gasteiger partial charge in [-0.3, -0.25) is 9.48 Å². The van der Waals surface area contributed by atoms with E-state index < -0.39 is 0 Å². The summed E-state index contributed by atoms with van der Waals surface area (Å²) in [6, 6.07) is 0.176. The SMILES string of the molecule is Cn1cc(C(=O)N[C@@H]2CCOC3(CCOCC3)C2)cn1. The van der Waals surface area contributed by atoms with Gasteiger partial charge in [0, 0.05) is 39.1 Å². The molecule has 3 rings (SSSR count). The molecule has 6 nitrogen and oxygen atoms in total. The van der Waals surface area contributed by atoms with Gasteiger partial charge in [-0.25, -0.2) is 0 Å². The lowest BCUT2D eigenvalue weighted by Gasteiger charge is -2.43. The standard InChI is InChI=1S/C14H21N3O3/c1-17-10-11(9-15-17)13(18)16-12-2-5-20-14(8-12)3-6-19-7-4-14/h9-10,12H,2-8H2,1H3,(H,16,18)/t12-/m1/s1. The summed E-state index contributed by atoms with van der Waals surface area (Å²) in [7, 11) is 1.81. The van der Waals surface area contributed by atoms with E-state index in [0.717, 1.165) is 38.9 Å². The van der Waals surface area contributed by atoms with Gasteiger partial charge < -0.3 is 14.8 Å². The minimum atomic E-state index is -0.0939. The zero-order valence-electron chi connectivity index (χ0n) is 11.8. The van der Waals surface area contributed by atoms with Crippen molar-refractivity contribution in [3.05, 3.63) is 18.0 Å².